The van der Waals surface area contributed by atoms with Crippen molar-refractivity contribution in [2.24, 2.45) is 0 Å². The molecule has 0 bridgehead atoms. The summed E-state index contributed by atoms with van der Waals surface area (Å²) in [6, 6.07) is 5.42. The summed E-state index contributed by atoms with van der Waals surface area (Å²) in [7, 11) is 4.70. The Balaban J connectivity index is 1.54. The van der Waals surface area contributed by atoms with Gasteiger partial charge in [-0.1, -0.05) is 0 Å². The van der Waals surface area contributed by atoms with Gasteiger partial charge in [-0.2, -0.15) is 0 Å². The van der Waals surface area contributed by atoms with E-state index in [1.807, 2.05) is 11.0 Å². The van der Waals surface area contributed by atoms with Gasteiger partial charge in [0.15, 0.2) is 17.3 Å². The number of hydrogen-bond donors (Lipinski definition) is 1. The van der Waals surface area contributed by atoms with Gasteiger partial charge in [0.05, 0.1) is 33.0 Å². The lowest BCUT2D eigenvalue weighted by Gasteiger charge is -2.32. The summed E-state index contributed by atoms with van der Waals surface area (Å²) >= 11 is 0. The Morgan fingerprint density at radius 3 is 2.53 bits per heavy atom. The van der Waals surface area contributed by atoms with E-state index >= 15 is 0 Å². The van der Waals surface area contributed by atoms with Crippen LogP contribution in [0.15, 0.2) is 35.2 Å². The first-order valence-corrected chi connectivity index (χ1v) is 9.69. The van der Waals surface area contributed by atoms with Crippen molar-refractivity contribution in [1.29, 1.82) is 0 Å². The van der Waals surface area contributed by atoms with Gasteiger partial charge in [-0.15, -0.1) is 0 Å². The minimum Gasteiger partial charge on any atom is -0.493 e. The van der Waals surface area contributed by atoms with E-state index in [1.54, 1.807) is 33.5 Å². The number of furan rings is 1. The van der Waals surface area contributed by atoms with Gasteiger partial charge < -0.3 is 28.8 Å². The van der Waals surface area contributed by atoms with Gasteiger partial charge in [0.1, 0.15) is 17.7 Å². The molecule has 2 aromatic heterocycles. The number of carbonyl (C=O) groups excluding carboxylic acids is 1. The Labute approximate surface area is 173 Å². The van der Waals surface area contributed by atoms with Crippen LogP contribution in [0.5, 0.6) is 17.2 Å². The highest BCUT2D eigenvalue weighted by Crippen LogP contribution is 2.43. The maximum Gasteiger partial charge on any atom is 0.289 e. The van der Waals surface area contributed by atoms with Gasteiger partial charge >= 0.3 is 0 Å². The van der Waals surface area contributed by atoms with Crippen LogP contribution < -0.4 is 19.5 Å². The van der Waals surface area contributed by atoms with E-state index in [9.17, 15) is 4.79 Å². The fourth-order valence-electron chi connectivity index (χ4n) is 3.75. The quantitative estimate of drug-likeness (QED) is 0.660. The lowest BCUT2D eigenvalue weighted by molar-refractivity contribution is 0.0686. The van der Waals surface area contributed by atoms with Crippen molar-refractivity contribution in [1.82, 2.24) is 14.9 Å². The highest BCUT2D eigenvalue weighted by atomic mass is 16.5. The largest absolute Gasteiger partial charge is 0.493 e. The third-order valence-corrected chi connectivity index (χ3v) is 5.29. The molecule has 0 radical (unpaired) electrons. The van der Waals surface area contributed by atoms with Gasteiger partial charge in [-0.05, 0) is 31.0 Å². The average Bonchev–Trinajstić information content (AvgIpc) is 3.33. The van der Waals surface area contributed by atoms with Gasteiger partial charge in [-0.25, -0.2) is 9.97 Å². The molecule has 1 aliphatic rings. The molecule has 0 unspecified atom stereocenters. The molecule has 0 atom stereocenters. The molecule has 1 aliphatic heterocycles. The third-order valence-electron chi connectivity index (χ3n) is 5.29. The highest BCUT2D eigenvalue weighted by molar-refractivity contribution is 5.96. The van der Waals surface area contributed by atoms with Gasteiger partial charge in [0.2, 0.25) is 5.75 Å². The topological polar surface area (TPSA) is 99.0 Å². The van der Waals surface area contributed by atoms with E-state index in [0.29, 0.717) is 47.4 Å². The Bertz CT molecular complexity index is 1030. The lowest BCUT2D eigenvalue weighted by Crippen LogP contribution is -2.42. The summed E-state index contributed by atoms with van der Waals surface area (Å²) in [5, 5.41) is 4.27. The van der Waals surface area contributed by atoms with Crippen LogP contribution in [0.3, 0.4) is 0 Å². The zero-order valence-corrected chi connectivity index (χ0v) is 17.2. The van der Waals surface area contributed by atoms with Crippen LogP contribution in [0.25, 0.3) is 10.9 Å². The van der Waals surface area contributed by atoms with E-state index in [2.05, 4.69) is 15.3 Å². The monoisotopic (exact) mass is 412 g/mol. The number of methoxy groups -OCH3 is 3. The molecule has 0 saturated carbocycles. The number of fused-ring (bicyclic) bond motifs is 1. The molecule has 9 nitrogen and oxygen atoms in total. The highest BCUT2D eigenvalue weighted by Gasteiger charge is 2.26. The number of ether oxygens (including phenoxy) is 3. The fourth-order valence-corrected chi connectivity index (χ4v) is 3.75. The molecule has 0 spiro atoms. The van der Waals surface area contributed by atoms with Crippen molar-refractivity contribution in [2.45, 2.75) is 18.9 Å². The van der Waals surface area contributed by atoms with Crippen molar-refractivity contribution >= 4 is 22.6 Å². The van der Waals surface area contributed by atoms with E-state index in [1.165, 1.54) is 12.6 Å². The second kappa shape index (κ2) is 8.48. The molecule has 1 aromatic carbocycles. The van der Waals surface area contributed by atoms with E-state index < -0.39 is 0 Å². The summed E-state index contributed by atoms with van der Waals surface area (Å²) in [4.78, 5) is 23.1. The summed E-state index contributed by atoms with van der Waals surface area (Å²) in [6.45, 7) is 1.28. The fraction of sp³-hybridized carbons (Fsp3) is 0.381. The number of anilines is 1. The molecule has 158 valence electrons. The van der Waals surface area contributed by atoms with E-state index in [4.69, 9.17) is 18.6 Å². The molecule has 1 amide bonds. The predicted octanol–water partition coefficient (Wildman–Crippen LogP) is 2.97. The predicted molar refractivity (Wildman–Crippen MR) is 110 cm³/mol. The van der Waals surface area contributed by atoms with Crippen LogP contribution in [0.4, 0.5) is 5.82 Å². The van der Waals surface area contributed by atoms with Crippen LogP contribution in [0, 0.1) is 0 Å². The first-order chi connectivity index (χ1) is 14.7. The summed E-state index contributed by atoms with van der Waals surface area (Å²) in [6.07, 6.45) is 4.60. The van der Waals surface area contributed by atoms with Crippen LogP contribution >= 0.6 is 0 Å². The van der Waals surface area contributed by atoms with Crippen molar-refractivity contribution in [2.75, 3.05) is 39.7 Å². The summed E-state index contributed by atoms with van der Waals surface area (Å²) < 4.78 is 21.7. The van der Waals surface area contributed by atoms with Crippen molar-refractivity contribution in [3.63, 3.8) is 0 Å². The molecular weight excluding hydrogens is 388 g/mol. The van der Waals surface area contributed by atoms with Crippen LogP contribution in [0.1, 0.15) is 23.4 Å². The smallest absolute Gasteiger partial charge is 0.289 e. The number of rotatable bonds is 6. The molecule has 1 N–H and O–H groups in total. The van der Waals surface area contributed by atoms with Gasteiger partial charge in [-0.3, -0.25) is 4.79 Å². The molecule has 30 heavy (non-hydrogen) atoms. The van der Waals surface area contributed by atoms with Crippen LogP contribution in [0.2, 0.25) is 0 Å². The first kappa shape index (κ1) is 19.8. The lowest BCUT2D eigenvalue weighted by atomic mass is 10.0. The molecule has 4 rings (SSSR count). The van der Waals surface area contributed by atoms with E-state index in [0.717, 1.165) is 18.2 Å². The molecule has 3 heterocycles. The molecule has 1 fully saturated rings. The van der Waals surface area contributed by atoms with Crippen LogP contribution in [-0.4, -0.2) is 61.2 Å². The molecule has 0 aliphatic carbocycles. The summed E-state index contributed by atoms with van der Waals surface area (Å²) in [5.41, 5.74) is 0.637. The number of benzene rings is 1. The van der Waals surface area contributed by atoms with Crippen molar-refractivity contribution in [3.05, 3.63) is 36.5 Å². The first-order valence-electron chi connectivity index (χ1n) is 9.69. The maximum atomic E-state index is 12.5. The number of carbonyl (C=O) groups is 1. The maximum absolute atomic E-state index is 12.5. The second-order valence-corrected chi connectivity index (χ2v) is 6.95. The molecular formula is C21H24N4O5. The molecule has 1 saturated heterocycles. The number of likely N-dealkylation sites (tertiary alicyclic amines) is 1. The number of nitrogens with zero attached hydrogens (tertiary/aromatic N) is 3. The number of nitrogens with one attached hydrogen (secondary N) is 1. The molecule has 3 aromatic rings. The Hall–Kier alpha value is -3.49. The third kappa shape index (κ3) is 3.58. The Morgan fingerprint density at radius 1 is 1.13 bits per heavy atom. The zero-order chi connectivity index (χ0) is 21.1. The SMILES string of the molecule is COc1cc2c(NC3CCN(C(=O)c4ccco4)CC3)ncnc2c(OC)c1OC. The van der Waals surface area contributed by atoms with Crippen LogP contribution in [-0.2, 0) is 0 Å². The Morgan fingerprint density at radius 2 is 1.90 bits per heavy atom. The Kier molecular flexibility index (Phi) is 5.60. The minimum absolute atomic E-state index is 0.0764. The van der Waals surface area contributed by atoms with Crippen molar-refractivity contribution < 1.29 is 23.4 Å². The van der Waals surface area contributed by atoms with E-state index in [-0.39, 0.29) is 11.9 Å². The van der Waals surface area contributed by atoms with Crippen molar-refractivity contribution in [3.8, 4) is 17.2 Å². The standard InChI is InChI=1S/C21H24N4O5/c1-27-16-11-14-17(19(29-3)18(16)28-2)22-12-23-20(14)24-13-6-8-25(9-7-13)21(26)15-5-4-10-30-15/h4-5,10-13H,6-9H2,1-3H3,(H,22,23,24). The summed E-state index contributed by atoms with van der Waals surface area (Å²) in [5.74, 6) is 2.51. The average molecular weight is 412 g/mol. The number of amides is 1. The molecule has 9 heteroatoms. The minimum atomic E-state index is -0.0764. The number of aromatic nitrogens is 2. The second-order valence-electron chi connectivity index (χ2n) is 6.95. The normalized spacial score (nSPS) is 14.6. The van der Waals surface area contributed by atoms with Gasteiger partial charge in [0, 0.05) is 19.1 Å². The number of hydrogen-bond acceptors (Lipinski definition) is 8. The number of piperidine rings is 1. The zero-order valence-electron chi connectivity index (χ0n) is 17.2. The van der Waals surface area contributed by atoms with Gasteiger partial charge in [0.25, 0.3) is 5.91 Å².